The number of anilines is 1. The Labute approximate surface area is 158 Å². The van der Waals surface area contributed by atoms with Gasteiger partial charge in [0.1, 0.15) is 5.82 Å². The quantitative estimate of drug-likeness (QED) is 0.612. The summed E-state index contributed by atoms with van der Waals surface area (Å²) in [5.74, 6) is 1.66. The van der Waals surface area contributed by atoms with E-state index in [9.17, 15) is 4.79 Å². The van der Waals surface area contributed by atoms with Gasteiger partial charge in [0.05, 0.1) is 17.1 Å². The molecule has 0 saturated carbocycles. The molecule has 0 aliphatic carbocycles. The molecule has 0 spiro atoms. The van der Waals surface area contributed by atoms with Crippen molar-refractivity contribution in [3.05, 3.63) is 24.0 Å². The Morgan fingerprint density at radius 3 is 2.60 bits per heavy atom. The second kappa shape index (κ2) is 9.27. The molecule has 1 aromatic heterocycles. The highest BCUT2D eigenvalue weighted by Crippen LogP contribution is 2.23. The zero-order valence-electron chi connectivity index (χ0n) is 14.6. The number of carbonyl (C=O) groups is 1. The Bertz CT molecular complexity index is 712. The molecule has 0 saturated heterocycles. The summed E-state index contributed by atoms with van der Waals surface area (Å²) in [6.45, 7) is 1.48. The molecule has 1 unspecified atom stereocenters. The first-order chi connectivity index (χ1) is 12.0. The molecular formula is C17H25Cl2N5O. The average molecular weight is 386 g/mol. The van der Waals surface area contributed by atoms with E-state index >= 15 is 0 Å². The molecule has 0 bridgehead atoms. The van der Waals surface area contributed by atoms with Crippen LogP contribution in [-0.4, -0.2) is 53.4 Å². The van der Waals surface area contributed by atoms with Gasteiger partial charge >= 0.3 is 0 Å². The Hall–Kier alpha value is -1.50. The Morgan fingerprint density at radius 2 is 2.04 bits per heavy atom. The van der Waals surface area contributed by atoms with Crippen LogP contribution in [0.1, 0.15) is 12.2 Å². The molecule has 1 aromatic carbocycles. The topological polar surface area (TPSA) is 76.2 Å². The van der Waals surface area contributed by atoms with Crippen molar-refractivity contribution >= 4 is 45.8 Å². The number of alkyl halides is 2. The second-order valence-electron chi connectivity index (χ2n) is 5.91. The van der Waals surface area contributed by atoms with Gasteiger partial charge in [-0.3, -0.25) is 4.79 Å². The van der Waals surface area contributed by atoms with Crippen LogP contribution < -0.4 is 16.0 Å². The summed E-state index contributed by atoms with van der Waals surface area (Å²) < 4.78 is 2.06. The number of benzene rings is 1. The first kappa shape index (κ1) is 19.8. The number of imidazole rings is 1. The van der Waals surface area contributed by atoms with Gasteiger partial charge in [-0.1, -0.05) is 0 Å². The third-order valence-corrected chi connectivity index (χ3v) is 4.72. The number of amides is 1. The van der Waals surface area contributed by atoms with Gasteiger partial charge in [0.2, 0.25) is 5.91 Å². The van der Waals surface area contributed by atoms with Crippen molar-refractivity contribution < 1.29 is 4.79 Å². The van der Waals surface area contributed by atoms with E-state index in [0.717, 1.165) is 35.6 Å². The number of nitrogens with one attached hydrogen (secondary N) is 1. The SMILES string of the molecule is CNC(CCc1nc2cc(N(CCCl)CCCl)ccc2n1C)C(N)=O. The van der Waals surface area contributed by atoms with Crippen LogP contribution in [0.2, 0.25) is 0 Å². The summed E-state index contributed by atoms with van der Waals surface area (Å²) in [5.41, 5.74) is 8.41. The number of likely N-dealkylation sites (N-methyl/N-ethyl adjacent to an activating group) is 1. The van der Waals surface area contributed by atoms with Crippen LogP contribution in [0, 0.1) is 0 Å². The van der Waals surface area contributed by atoms with E-state index in [0.29, 0.717) is 24.6 Å². The van der Waals surface area contributed by atoms with Crippen LogP contribution in [0.3, 0.4) is 0 Å². The van der Waals surface area contributed by atoms with Crippen LogP contribution in [0.5, 0.6) is 0 Å². The number of nitrogens with zero attached hydrogens (tertiary/aromatic N) is 3. The molecule has 25 heavy (non-hydrogen) atoms. The summed E-state index contributed by atoms with van der Waals surface area (Å²) in [6, 6.07) is 5.83. The lowest BCUT2D eigenvalue weighted by Gasteiger charge is -2.22. The van der Waals surface area contributed by atoms with E-state index in [1.165, 1.54) is 0 Å². The van der Waals surface area contributed by atoms with Crippen molar-refractivity contribution in [3.63, 3.8) is 0 Å². The first-order valence-electron chi connectivity index (χ1n) is 8.30. The minimum Gasteiger partial charge on any atom is -0.369 e. The number of nitrogens with two attached hydrogens (primary N) is 1. The number of aromatic nitrogens is 2. The number of aryl methyl sites for hydroxylation is 2. The zero-order chi connectivity index (χ0) is 18.4. The summed E-state index contributed by atoms with van der Waals surface area (Å²) in [6.07, 6.45) is 1.28. The smallest absolute Gasteiger partial charge is 0.234 e. The first-order valence-corrected chi connectivity index (χ1v) is 9.37. The average Bonchev–Trinajstić information content (AvgIpc) is 2.90. The largest absolute Gasteiger partial charge is 0.369 e. The van der Waals surface area contributed by atoms with Gasteiger partial charge in [-0.05, 0) is 31.7 Å². The highest BCUT2D eigenvalue weighted by Gasteiger charge is 2.16. The summed E-state index contributed by atoms with van der Waals surface area (Å²) in [5, 5.41) is 2.93. The van der Waals surface area contributed by atoms with Gasteiger partial charge in [0.15, 0.2) is 0 Å². The minimum atomic E-state index is -0.349. The standard InChI is InChI=1S/C17H25Cl2N5O/c1-21-13(17(20)25)4-6-16-22-14-11-12(3-5-15(14)23(16)2)24(9-7-18)10-8-19/h3,5,11,13,21H,4,6-10H2,1-2H3,(H2,20,25). The zero-order valence-corrected chi connectivity index (χ0v) is 16.1. The lowest BCUT2D eigenvalue weighted by atomic mass is 10.1. The monoisotopic (exact) mass is 385 g/mol. The van der Waals surface area contributed by atoms with Crippen molar-refractivity contribution in [1.29, 1.82) is 0 Å². The maximum atomic E-state index is 11.4. The van der Waals surface area contributed by atoms with E-state index in [2.05, 4.69) is 33.0 Å². The minimum absolute atomic E-state index is 0.346. The predicted octanol–water partition coefficient (Wildman–Crippen LogP) is 1.86. The number of primary amides is 1. The van der Waals surface area contributed by atoms with E-state index < -0.39 is 0 Å². The Kier molecular flexibility index (Phi) is 7.35. The molecule has 6 nitrogen and oxygen atoms in total. The molecule has 0 aliphatic rings. The maximum absolute atomic E-state index is 11.4. The lowest BCUT2D eigenvalue weighted by Crippen LogP contribution is -2.39. The summed E-state index contributed by atoms with van der Waals surface area (Å²) in [4.78, 5) is 18.2. The third kappa shape index (κ3) is 4.77. The fourth-order valence-corrected chi connectivity index (χ4v) is 3.34. The van der Waals surface area contributed by atoms with Crippen LogP contribution >= 0.6 is 23.2 Å². The van der Waals surface area contributed by atoms with Crippen LogP contribution in [-0.2, 0) is 18.3 Å². The number of hydrogen-bond acceptors (Lipinski definition) is 4. The number of halogens is 2. The van der Waals surface area contributed by atoms with Crippen molar-refractivity contribution in [2.45, 2.75) is 18.9 Å². The Morgan fingerprint density at radius 1 is 1.36 bits per heavy atom. The highest BCUT2D eigenvalue weighted by atomic mass is 35.5. The number of hydrogen-bond donors (Lipinski definition) is 2. The lowest BCUT2D eigenvalue weighted by molar-refractivity contribution is -0.120. The molecule has 0 aliphatic heterocycles. The number of fused-ring (bicyclic) bond motifs is 1. The normalized spacial score (nSPS) is 12.5. The van der Waals surface area contributed by atoms with E-state index in [1.807, 2.05) is 7.05 Å². The van der Waals surface area contributed by atoms with Gasteiger partial charge < -0.3 is 20.5 Å². The molecular weight excluding hydrogens is 361 g/mol. The second-order valence-corrected chi connectivity index (χ2v) is 6.66. The van der Waals surface area contributed by atoms with E-state index in [4.69, 9.17) is 33.9 Å². The van der Waals surface area contributed by atoms with Gasteiger partial charge in [-0.2, -0.15) is 0 Å². The molecule has 2 rings (SSSR count). The summed E-state index contributed by atoms with van der Waals surface area (Å²) in [7, 11) is 3.72. The van der Waals surface area contributed by atoms with Gasteiger partial charge in [0.25, 0.3) is 0 Å². The summed E-state index contributed by atoms with van der Waals surface area (Å²) >= 11 is 11.8. The Balaban J connectivity index is 2.24. The predicted molar refractivity (Wildman–Crippen MR) is 105 cm³/mol. The van der Waals surface area contributed by atoms with Gasteiger partial charge in [-0.25, -0.2) is 4.98 Å². The van der Waals surface area contributed by atoms with Crippen molar-refractivity contribution in [2.24, 2.45) is 12.8 Å². The molecule has 8 heteroatoms. The van der Waals surface area contributed by atoms with Crippen molar-refractivity contribution in [3.8, 4) is 0 Å². The molecule has 0 radical (unpaired) electrons. The molecule has 138 valence electrons. The van der Waals surface area contributed by atoms with Crippen molar-refractivity contribution in [1.82, 2.24) is 14.9 Å². The maximum Gasteiger partial charge on any atom is 0.234 e. The highest BCUT2D eigenvalue weighted by molar-refractivity contribution is 6.18. The molecule has 0 fully saturated rings. The molecule has 1 heterocycles. The fraction of sp³-hybridized carbons (Fsp3) is 0.529. The van der Waals surface area contributed by atoms with Gasteiger partial charge in [-0.15, -0.1) is 23.2 Å². The fourth-order valence-electron chi connectivity index (χ4n) is 2.93. The van der Waals surface area contributed by atoms with E-state index in [1.54, 1.807) is 7.05 Å². The van der Waals surface area contributed by atoms with Crippen molar-refractivity contribution in [2.75, 3.05) is 36.8 Å². The van der Waals surface area contributed by atoms with Crippen LogP contribution in [0.25, 0.3) is 11.0 Å². The third-order valence-electron chi connectivity index (χ3n) is 4.38. The number of carbonyl (C=O) groups excluding carboxylic acids is 1. The van der Waals surface area contributed by atoms with Crippen LogP contribution in [0.15, 0.2) is 18.2 Å². The molecule has 2 aromatic rings. The van der Waals surface area contributed by atoms with Crippen LogP contribution in [0.4, 0.5) is 5.69 Å². The van der Waals surface area contributed by atoms with Gasteiger partial charge in [0, 0.05) is 44.0 Å². The molecule has 1 atom stereocenters. The molecule has 1 amide bonds. The molecule has 3 N–H and O–H groups in total. The van der Waals surface area contributed by atoms with E-state index in [-0.39, 0.29) is 11.9 Å². The number of rotatable bonds is 10.